The first kappa shape index (κ1) is 30.9. The minimum absolute atomic E-state index is 0.556. The van der Waals surface area contributed by atoms with Crippen LogP contribution in [0, 0.1) is 0 Å². The monoisotopic (exact) mass is 722 g/mol. The summed E-state index contributed by atoms with van der Waals surface area (Å²) in [5.74, 6) is 0. The van der Waals surface area contributed by atoms with Gasteiger partial charge in [0.25, 0.3) is 0 Å². The number of hydrogen-bond donors (Lipinski definition) is 0. The molecule has 13 rings (SSSR count). The minimum Gasteiger partial charge on any atom is -0.309 e. The minimum atomic E-state index is -0.556. The van der Waals surface area contributed by atoms with E-state index >= 15 is 0 Å². The number of para-hydroxylation sites is 3. The van der Waals surface area contributed by atoms with Gasteiger partial charge in [-0.1, -0.05) is 170 Å². The Morgan fingerprint density at radius 3 is 1.53 bits per heavy atom. The van der Waals surface area contributed by atoms with Gasteiger partial charge in [0.1, 0.15) is 0 Å². The highest BCUT2D eigenvalue weighted by atomic mass is 15.0. The largest absolute Gasteiger partial charge is 0.309 e. The second-order valence-corrected chi connectivity index (χ2v) is 15.6. The van der Waals surface area contributed by atoms with Crippen molar-refractivity contribution in [1.29, 1.82) is 0 Å². The van der Waals surface area contributed by atoms with Crippen LogP contribution in [0.25, 0.3) is 88.4 Å². The lowest BCUT2D eigenvalue weighted by molar-refractivity contribution is 0.797. The lowest BCUT2D eigenvalue weighted by Crippen LogP contribution is -2.26. The Hall–Kier alpha value is -7.42. The molecule has 2 heteroatoms. The van der Waals surface area contributed by atoms with Crippen molar-refractivity contribution in [1.82, 2.24) is 9.13 Å². The van der Waals surface area contributed by atoms with Crippen LogP contribution in [-0.4, -0.2) is 9.13 Å². The zero-order chi connectivity index (χ0) is 37.2. The van der Waals surface area contributed by atoms with Gasteiger partial charge in [-0.3, -0.25) is 0 Å². The van der Waals surface area contributed by atoms with Gasteiger partial charge in [0.15, 0.2) is 0 Å². The summed E-state index contributed by atoms with van der Waals surface area (Å²) in [4.78, 5) is 0. The predicted molar refractivity (Wildman–Crippen MR) is 237 cm³/mol. The SMILES string of the molecule is c1ccc(-c2ccc(-n3c4ccccc4c4ccc5c(c43)C3(c4ccccc4-5)c4ccccc4-c4c3ccc3c5ccccc5n(-c5ccccc5)c43)cc2)cc1. The molecular weight excluding hydrogens is 689 g/mol. The average Bonchev–Trinajstić information content (AvgIpc) is 3.99. The summed E-state index contributed by atoms with van der Waals surface area (Å²) in [7, 11) is 0. The molecule has 0 fully saturated rings. The lowest BCUT2D eigenvalue weighted by Gasteiger charge is -2.31. The Morgan fingerprint density at radius 2 is 0.807 bits per heavy atom. The number of fused-ring (bicyclic) bond motifs is 18. The Bertz CT molecular complexity index is 3440. The highest BCUT2D eigenvalue weighted by molar-refractivity contribution is 6.19. The molecule has 1 spiro atoms. The zero-order valence-electron chi connectivity index (χ0n) is 31.0. The summed E-state index contributed by atoms with van der Waals surface area (Å²) in [6, 6.07) is 76.7. The fraction of sp³-hybridized carbons (Fsp3) is 0.0182. The predicted octanol–water partition coefficient (Wildman–Crippen LogP) is 13.9. The highest BCUT2D eigenvalue weighted by Gasteiger charge is 2.54. The van der Waals surface area contributed by atoms with E-state index in [-0.39, 0.29) is 0 Å². The van der Waals surface area contributed by atoms with Crippen LogP contribution >= 0.6 is 0 Å². The molecule has 0 saturated heterocycles. The van der Waals surface area contributed by atoms with Crippen LogP contribution in [-0.2, 0) is 5.41 Å². The second kappa shape index (κ2) is 11.3. The molecule has 2 nitrogen and oxygen atoms in total. The van der Waals surface area contributed by atoms with Gasteiger partial charge >= 0.3 is 0 Å². The van der Waals surface area contributed by atoms with E-state index in [2.05, 4.69) is 215 Å². The summed E-state index contributed by atoms with van der Waals surface area (Å²) in [5.41, 5.74) is 19.8. The molecular formula is C55H34N2. The standard InChI is InChI=1S/C55H34N2/c1-3-15-35(16-4-1)36-27-29-38(30-28-36)57-50-26-14-10-21-41(50)44-32-31-42-39-19-7-11-23-46(39)55(52(42)54(44)57)47-24-12-8-22-45(47)51-48(55)34-33-43-40-20-9-13-25-49(40)56(53(43)51)37-17-5-2-6-18-37/h1-34H. The molecule has 2 aromatic heterocycles. The van der Waals surface area contributed by atoms with E-state index in [1.54, 1.807) is 0 Å². The molecule has 1 atom stereocenters. The molecule has 2 aliphatic rings. The van der Waals surface area contributed by atoms with Crippen LogP contribution in [0.5, 0.6) is 0 Å². The summed E-state index contributed by atoms with van der Waals surface area (Å²) < 4.78 is 5.05. The van der Waals surface area contributed by atoms with Crippen molar-refractivity contribution >= 4 is 43.6 Å². The van der Waals surface area contributed by atoms with E-state index < -0.39 is 5.41 Å². The second-order valence-electron chi connectivity index (χ2n) is 15.6. The zero-order valence-corrected chi connectivity index (χ0v) is 31.0. The molecule has 9 aromatic carbocycles. The Kier molecular flexibility index (Phi) is 6.13. The first-order valence-corrected chi connectivity index (χ1v) is 19.9. The van der Waals surface area contributed by atoms with Crippen molar-refractivity contribution in [3.05, 3.63) is 229 Å². The first-order chi connectivity index (χ1) is 28.3. The molecule has 0 bridgehead atoms. The molecule has 2 heterocycles. The van der Waals surface area contributed by atoms with Gasteiger partial charge in [-0.05, 0) is 80.9 Å². The van der Waals surface area contributed by atoms with E-state index in [1.807, 2.05) is 0 Å². The average molecular weight is 723 g/mol. The maximum absolute atomic E-state index is 2.55. The summed E-state index contributed by atoms with van der Waals surface area (Å²) in [5, 5.41) is 5.08. The van der Waals surface area contributed by atoms with E-state index in [0.29, 0.717) is 0 Å². The number of hydrogen-bond acceptors (Lipinski definition) is 0. The maximum Gasteiger partial charge on any atom is 0.0747 e. The third-order valence-electron chi connectivity index (χ3n) is 12.9. The summed E-state index contributed by atoms with van der Waals surface area (Å²) >= 11 is 0. The number of benzene rings is 9. The quantitative estimate of drug-likeness (QED) is 0.172. The molecule has 0 N–H and O–H groups in total. The fourth-order valence-electron chi connectivity index (χ4n) is 10.8. The summed E-state index contributed by atoms with van der Waals surface area (Å²) in [6.07, 6.45) is 0. The first-order valence-electron chi connectivity index (χ1n) is 19.9. The molecule has 0 radical (unpaired) electrons. The van der Waals surface area contributed by atoms with E-state index in [9.17, 15) is 0 Å². The smallest absolute Gasteiger partial charge is 0.0747 e. The van der Waals surface area contributed by atoms with E-state index in [0.717, 1.165) is 5.69 Å². The highest BCUT2D eigenvalue weighted by Crippen LogP contribution is 2.65. The van der Waals surface area contributed by atoms with Crippen LogP contribution in [0.4, 0.5) is 0 Å². The van der Waals surface area contributed by atoms with Gasteiger partial charge in [-0.2, -0.15) is 0 Å². The molecule has 0 saturated carbocycles. The third-order valence-corrected chi connectivity index (χ3v) is 12.9. The van der Waals surface area contributed by atoms with Crippen molar-refractivity contribution in [2.75, 3.05) is 0 Å². The number of nitrogens with zero attached hydrogens (tertiary/aromatic N) is 2. The molecule has 264 valence electrons. The van der Waals surface area contributed by atoms with Crippen LogP contribution < -0.4 is 0 Å². The van der Waals surface area contributed by atoms with Gasteiger partial charge in [0, 0.05) is 44.0 Å². The molecule has 57 heavy (non-hydrogen) atoms. The number of aromatic nitrogens is 2. The number of rotatable bonds is 3. The normalized spacial score (nSPS) is 15.1. The summed E-state index contributed by atoms with van der Waals surface area (Å²) in [6.45, 7) is 0. The molecule has 0 aliphatic heterocycles. The van der Waals surface area contributed by atoms with Gasteiger partial charge < -0.3 is 9.13 Å². The Balaban J connectivity index is 1.21. The third kappa shape index (κ3) is 3.89. The van der Waals surface area contributed by atoms with Gasteiger partial charge in [0.2, 0.25) is 0 Å². The lowest BCUT2D eigenvalue weighted by atomic mass is 9.70. The van der Waals surface area contributed by atoms with Crippen molar-refractivity contribution in [3.63, 3.8) is 0 Å². The van der Waals surface area contributed by atoms with Crippen molar-refractivity contribution in [2.24, 2.45) is 0 Å². The van der Waals surface area contributed by atoms with Crippen molar-refractivity contribution in [3.8, 4) is 44.8 Å². The van der Waals surface area contributed by atoms with Crippen LogP contribution in [0.15, 0.2) is 206 Å². The molecule has 0 amide bonds. The molecule has 1 unspecified atom stereocenters. The van der Waals surface area contributed by atoms with Gasteiger partial charge in [-0.15, -0.1) is 0 Å². The van der Waals surface area contributed by atoms with Crippen molar-refractivity contribution in [2.45, 2.75) is 5.41 Å². The molecule has 2 aliphatic carbocycles. The molecule has 11 aromatic rings. The van der Waals surface area contributed by atoms with Crippen LogP contribution in [0.1, 0.15) is 22.3 Å². The fourth-order valence-corrected chi connectivity index (χ4v) is 10.8. The van der Waals surface area contributed by atoms with Gasteiger partial charge in [-0.25, -0.2) is 0 Å². The van der Waals surface area contributed by atoms with Crippen LogP contribution in [0.2, 0.25) is 0 Å². The topological polar surface area (TPSA) is 9.86 Å². The van der Waals surface area contributed by atoms with Crippen LogP contribution in [0.3, 0.4) is 0 Å². The van der Waals surface area contributed by atoms with E-state index in [1.165, 1.54) is 105 Å². The van der Waals surface area contributed by atoms with Gasteiger partial charge in [0.05, 0.1) is 27.5 Å². The maximum atomic E-state index is 2.55. The van der Waals surface area contributed by atoms with E-state index in [4.69, 9.17) is 0 Å². The Labute approximate surface area is 330 Å². The van der Waals surface area contributed by atoms with Crippen molar-refractivity contribution < 1.29 is 0 Å². The Morgan fingerprint density at radius 1 is 0.298 bits per heavy atom.